The van der Waals surface area contributed by atoms with Crippen LogP contribution in [0.2, 0.25) is 0 Å². The lowest BCUT2D eigenvalue weighted by atomic mass is 9.82. The maximum Gasteiger partial charge on any atom is 0.238 e. The quantitative estimate of drug-likeness (QED) is 0.591. The highest BCUT2D eigenvalue weighted by Crippen LogP contribution is 2.32. The van der Waals surface area contributed by atoms with E-state index in [1.54, 1.807) is 18.3 Å². The summed E-state index contributed by atoms with van der Waals surface area (Å²) in [6.07, 6.45) is 5.54. The number of sulfonamides is 1. The summed E-state index contributed by atoms with van der Waals surface area (Å²) < 4.78 is 23.8. The van der Waals surface area contributed by atoms with Crippen molar-refractivity contribution in [1.29, 1.82) is 0 Å². The molecule has 1 saturated heterocycles. The number of nitrogens with zero attached hydrogens (tertiary/aromatic N) is 3. The van der Waals surface area contributed by atoms with Gasteiger partial charge >= 0.3 is 0 Å². The van der Waals surface area contributed by atoms with E-state index in [-0.39, 0.29) is 4.90 Å². The van der Waals surface area contributed by atoms with Crippen LogP contribution < -0.4 is 10.5 Å². The third-order valence-corrected chi connectivity index (χ3v) is 6.53. The molecule has 0 radical (unpaired) electrons. The van der Waals surface area contributed by atoms with Gasteiger partial charge in [-0.25, -0.2) is 23.5 Å². The third-order valence-electron chi connectivity index (χ3n) is 5.62. The number of H-pyrrole nitrogens is 1. The molecule has 1 fully saturated rings. The lowest BCUT2D eigenvalue weighted by molar-refractivity contribution is 0.127. The van der Waals surface area contributed by atoms with E-state index in [9.17, 15) is 8.42 Å². The molecule has 0 bridgehead atoms. The fraction of sp³-hybridized carbons (Fsp3) is 0.400. The fourth-order valence-electron chi connectivity index (χ4n) is 3.64. The summed E-state index contributed by atoms with van der Waals surface area (Å²) in [5, 5.41) is 9.50. The van der Waals surface area contributed by atoms with Crippen LogP contribution in [0.4, 0.5) is 11.5 Å². The van der Waals surface area contributed by atoms with Crippen LogP contribution in [0.5, 0.6) is 0 Å². The summed E-state index contributed by atoms with van der Waals surface area (Å²) >= 11 is 0. The SMILES string of the molecule is CC1(C)CCN(Cc2ccc(S(N)(=O)=O)cc2Nc2ncnc3[nH]ccc23)CC1. The molecule has 1 aliphatic rings. The molecule has 0 saturated carbocycles. The van der Waals surface area contributed by atoms with Gasteiger partial charge in [0.1, 0.15) is 17.8 Å². The first kappa shape index (κ1) is 19.8. The van der Waals surface area contributed by atoms with Crippen LogP contribution in [-0.4, -0.2) is 41.4 Å². The number of nitrogens with one attached hydrogen (secondary N) is 2. The summed E-state index contributed by atoms with van der Waals surface area (Å²) in [5.41, 5.74) is 2.77. The van der Waals surface area contributed by atoms with Crippen molar-refractivity contribution >= 4 is 32.6 Å². The van der Waals surface area contributed by atoms with Gasteiger partial charge in [-0.15, -0.1) is 0 Å². The Labute approximate surface area is 170 Å². The van der Waals surface area contributed by atoms with Crippen LogP contribution in [0.3, 0.4) is 0 Å². The zero-order chi connectivity index (χ0) is 20.6. The Hall–Kier alpha value is -2.49. The molecule has 8 nitrogen and oxygen atoms in total. The van der Waals surface area contributed by atoms with Crippen LogP contribution >= 0.6 is 0 Å². The van der Waals surface area contributed by atoms with Gasteiger partial charge in [0.25, 0.3) is 0 Å². The first-order valence-corrected chi connectivity index (χ1v) is 11.2. The summed E-state index contributed by atoms with van der Waals surface area (Å²) in [6.45, 7) is 7.35. The highest BCUT2D eigenvalue weighted by Gasteiger charge is 2.26. The van der Waals surface area contributed by atoms with Gasteiger partial charge in [0, 0.05) is 18.4 Å². The number of nitrogens with two attached hydrogens (primary N) is 1. The molecule has 1 aromatic carbocycles. The predicted octanol–water partition coefficient (Wildman–Crippen LogP) is 2.97. The average Bonchev–Trinajstić information content (AvgIpc) is 3.14. The molecule has 4 rings (SSSR count). The van der Waals surface area contributed by atoms with Gasteiger partial charge in [0.05, 0.1) is 10.3 Å². The van der Waals surface area contributed by atoms with Crippen LogP contribution in [-0.2, 0) is 16.6 Å². The van der Waals surface area contributed by atoms with E-state index in [4.69, 9.17) is 5.14 Å². The Morgan fingerprint density at radius 1 is 1.21 bits per heavy atom. The Kier molecular flexibility index (Phi) is 5.05. The van der Waals surface area contributed by atoms with Crippen molar-refractivity contribution in [2.45, 2.75) is 38.1 Å². The van der Waals surface area contributed by atoms with Crippen LogP contribution in [0.1, 0.15) is 32.3 Å². The second-order valence-corrected chi connectivity index (χ2v) is 9.95. The van der Waals surface area contributed by atoms with Crippen molar-refractivity contribution in [2.75, 3.05) is 18.4 Å². The molecule has 0 unspecified atom stereocenters. The number of likely N-dealkylation sites (tertiary alicyclic amines) is 1. The summed E-state index contributed by atoms with van der Waals surface area (Å²) in [6, 6.07) is 6.86. The first-order chi connectivity index (χ1) is 13.7. The Morgan fingerprint density at radius 3 is 2.69 bits per heavy atom. The molecule has 0 spiro atoms. The molecular weight excluding hydrogens is 388 g/mol. The molecule has 3 aromatic rings. The van der Waals surface area contributed by atoms with Crippen molar-refractivity contribution in [3.63, 3.8) is 0 Å². The number of anilines is 2. The molecule has 2 aromatic heterocycles. The first-order valence-electron chi connectivity index (χ1n) is 9.64. The van der Waals surface area contributed by atoms with E-state index in [0.717, 1.165) is 43.4 Å². The van der Waals surface area contributed by atoms with Gasteiger partial charge in [-0.3, -0.25) is 4.90 Å². The highest BCUT2D eigenvalue weighted by molar-refractivity contribution is 7.89. The molecule has 0 aliphatic carbocycles. The lowest BCUT2D eigenvalue weighted by Crippen LogP contribution is -2.36. The number of benzene rings is 1. The minimum absolute atomic E-state index is 0.0721. The van der Waals surface area contributed by atoms with E-state index in [1.165, 1.54) is 6.33 Å². The monoisotopic (exact) mass is 414 g/mol. The zero-order valence-corrected chi connectivity index (χ0v) is 17.5. The standard InChI is InChI=1S/C20H26N6O2S/c1-20(2)6-9-26(10-7-20)12-14-3-4-15(29(21,27)28)11-17(14)25-19-16-5-8-22-18(16)23-13-24-19/h3-5,8,11,13H,6-7,9-10,12H2,1-2H3,(H2,21,27,28)(H2,22,23,24,25). The maximum absolute atomic E-state index is 11.9. The van der Waals surface area contributed by atoms with Crippen molar-refractivity contribution in [3.05, 3.63) is 42.4 Å². The number of aromatic nitrogens is 3. The second-order valence-electron chi connectivity index (χ2n) is 8.39. The highest BCUT2D eigenvalue weighted by atomic mass is 32.2. The number of piperidine rings is 1. The van der Waals surface area contributed by atoms with Crippen molar-refractivity contribution in [2.24, 2.45) is 10.6 Å². The van der Waals surface area contributed by atoms with Gasteiger partial charge in [-0.2, -0.15) is 0 Å². The summed E-state index contributed by atoms with van der Waals surface area (Å²) in [4.78, 5) is 14.1. The Bertz CT molecular complexity index is 1130. The molecule has 3 heterocycles. The number of aromatic amines is 1. The van der Waals surface area contributed by atoms with E-state index in [0.29, 0.717) is 22.6 Å². The van der Waals surface area contributed by atoms with Crippen LogP contribution in [0, 0.1) is 5.41 Å². The number of fused-ring (bicyclic) bond motifs is 1. The van der Waals surface area contributed by atoms with E-state index >= 15 is 0 Å². The number of hydrogen-bond acceptors (Lipinski definition) is 6. The number of hydrogen-bond donors (Lipinski definition) is 3. The molecule has 0 amide bonds. The molecule has 9 heteroatoms. The van der Waals surface area contributed by atoms with Crippen LogP contribution in [0.25, 0.3) is 11.0 Å². The largest absolute Gasteiger partial charge is 0.346 e. The van der Waals surface area contributed by atoms with Gasteiger partial charge in [-0.1, -0.05) is 19.9 Å². The number of rotatable bonds is 5. The van der Waals surface area contributed by atoms with E-state index in [1.807, 2.05) is 12.1 Å². The minimum atomic E-state index is -3.81. The smallest absolute Gasteiger partial charge is 0.238 e. The van der Waals surface area contributed by atoms with Crippen molar-refractivity contribution < 1.29 is 8.42 Å². The summed E-state index contributed by atoms with van der Waals surface area (Å²) in [5.74, 6) is 0.615. The lowest BCUT2D eigenvalue weighted by Gasteiger charge is -2.37. The third kappa shape index (κ3) is 4.42. The predicted molar refractivity (Wildman–Crippen MR) is 113 cm³/mol. The zero-order valence-electron chi connectivity index (χ0n) is 16.6. The molecule has 29 heavy (non-hydrogen) atoms. The molecule has 0 atom stereocenters. The molecule has 1 aliphatic heterocycles. The van der Waals surface area contributed by atoms with Crippen LogP contribution in [0.15, 0.2) is 41.7 Å². The topological polar surface area (TPSA) is 117 Å². The maximum atomic E-state index is 11.9. The summed E-state index contributed by atoms with van der Waals surface area (Å²) in [7, 11) is -3.81. The fourth-order valence-corrected chi connectivity index (χ4v) is 4.18. The van der Waals surface area contributed by atoms with E-state index in [2.05, 4.69) is 39.0 Å². The van der Waals surface area contributed by atoms with Crippen molar-refractivity contribution in [1.82, 2.24) is 19.9 Å². The van der Waals surface area contributed by atoms with Gasteiger partial charge in [-0.05, 0) is 55.1 Å². The second kappa shape index (κ2) is 7.40. The van der Waals surface area contributed by atoms with Crippen molar-refractivity contribution in [3.8, 4) is 0 Å². The normalized spacial score (nSPS) is 17.5. The van der Waals surface area contributed by atoms with Gasteiger partial charge in [0.15, 0.2) is 0 Å². The number of primary sulfonamides is 1. The Morgan fingerprint density at radius 2 is 1.97 bits per heavy atom. The van der Waals surface area contributed by atoms with Gasteiger partial charge < -0.3 is 10.3 Å². The molecule has 154 valence electrons. The van der Waals surface area contributed by atoms with Gasteiger partial charge in [0.2, 0.25) is 10.0 Å². The van der Waals surface area contributed by atoms with E-state index < -0.39 is 10.0 Å². The average molecular weight is 415 g/mol. The molecular formula is C20H26N6O2S. The Balaban J connectivity index is 1.67. The minimum Gasteiger partial charge on any atom is -0.346 e. The molecule has 4 N–H and O–H groups in total.